The lowest BCUT2D eigenvalue weighted by molar-refractivity contribution is 0.0951. The summed E-state index contributed by atoms with van der Waals surface area (Å²) in [5, 5.41) is 3.32. The second-order valence-corrected chi connectivity index (χ2v) is 8.36. The fraction of sp³-hybridized carbons (Fsp3) is 0.0952. The van der Waals surface area contributed by atoms with Gasteiger partial charge in [-0.2, -0.15) is 0 Å². The van der Waals surface area contributed by atoms with E-state index in [4.69, 9.17) is 11.6 Å². The van der Waals surface area contributed by atoms with Gasteiger partial charge in [0.1, 0.15) is 0 Å². The second kappa shape index (κ2) is 8.46. The molecule has 0 atom stereocenters. The van der Waals surface area contributed by atoms with E-state index < -0.39 is 10.0 Å². The predicted octanol–water partition coefficient (Wildman–Crippen LogP) is 4.38. The van der Waals surface area contributed by atoms with Crippen molar-refractivity contribution in [3.8, 4) is 0 Å². The molecule has 3 rings (SSSR count). The lowest BCUT2D eigenvalue weighted by atomic mass is 10.1. The van der Waals surface area contributed by atoms with Crippen molar-refractivity contribution in [3.05, 3.63) is 94.5 Å². The molecule has 0 radical (unpaired) electrons. The summed E-state index contributed by atoms with van der Waals surface area (Å²) in [4.78, 5) is 12.4. The number of rotatable bonds is 6. The number of hydrogen-bond acceptors (Lipinski definition) is 3. The van der Waals surface area contributed by atoms with Gasteiger partial charge >= 0.3 is 0 Å². The highest BCUT2D eigenvalue weighted by molar-refractivity contribution is 7.92. The number of nitrogens with one attached hydrogen (secondary N) is 2. The van der Waals surface area contributed by atoms with Gasteiger partial charge in [0, 0.05) is 22.8 Å². The highest BCUT2D eigenvalue weighted by atomic mass is 35.5. The maximum atomic E-state index is 12.4. The molecule has 0 saturated heterocycles. The first-order chi connectivity index (χ1) is 13.3. The van der Waals surface area contributed by atoms with Crippen LogP contribution in [0.3, 0.4) is 0 Å². The van der Waals surface area contributed by atoms with Crippen LogP contribution in [0.4, 0.5) is 5.69 Å². The van der Waals surface area contributed by atoms with Crippen molar-refractivity contribution in [3.63, 3.8) is 0 Å². The molecule has 0 bridgehead atoms. The summed E-state index contributed by atoms with van der Waals surface area (Å²) in [7, 11) is -3.72. The number of amides is 1. The molecule has 3 aromatic carbocycles. The topological polar surface area (TPSA) is 75.3 Å². The Morgan fingerprint density at radius 1 is 0.929 bits per heavy atom. The Hall–Kier alpha value is -2.83. The molecule has 1 amide bonds. The maximum Gasteiger partial charge on any atom is 0.261 e. The molecule has 0 aliphatic rings. The van der Waals surface area contributed by atoms with Crippen molar-refractivity contribution in [2.45, 2.75) is 18.4 Å². The van der Waals surface area contributed by atoms with E-state index in [-0.39, 0.29) is 10.8 Å². The van der Waals surface area contributed by atoms with Gasteiger partial charge in [-0.25, -0.2) is 8.42 Å². The first kappa shape index (κ1) is 19.9. The van der Waals surface area contributed by atoms with E-state index in [9.17, 15) is 13.2 Å². The molecular formula is C21H19ClN2O3S. The lowest BCUT2D eigenvalue weighted by Gasteiger charge is -2.10. The fourth-order valence-corrected chi connectivity index (χ4v) is 3.79. The van der Waals surface area contributed by atoms with Gasteiger partial charge in [0.05, 0.1) is 4.90 Å². The zero-order valence-corrected chi connectivity index (χ0v) is 16.7. The smallest absolute Gasteiger partial charge is 0.261 e. The lowest BCUT2D eigenvalue weighted by Crippen LogP contribution is -2.23. The van der Waals surface area contributed by atoms with Crippen molar-refractivity contribution in [1.82, 2.24) is 5.32 Å². The van der Waals surface area contributed by atoms with Crippen LogP contribution in [0, 0.1) is 6.92 Å². The van der Waals surface area contributed by atoms with E-state index in [1.165, 1.54) is 24.3 Å². The minimum atomic E-state index is -3.72. The van der Waals surface area contributed by atoms with Gasteiger partial charge in [-0.15, -0.1) is 0 Å². The summed E-state index contributed by atoms with van der Waals surface area (Å²) in [5.41, 5.74) is 2.96. The van der Waals surface area contributed by atoms with Gasteiger partial charge in [-0.3, -0.25) is 9.52 Å². The average Bonchev–Trinajstić information content (AvgIpc) is 2.68. The van der Waals surface area contributed by atoms with Crippen molar-refractivity contribution in [2.24, 2.45) is 0 Å². The van der Waals surface area contributed by atoms with Crippen LogP contribution in [0.5, 0.6) is 0 Å². The Morgan fingerprint density at radius 2 is 1.57 bits per heavy atom. The van der Waals surface area contributed by atoms with Crippen LogP contribution in [-0.2, 0) is 16.6 Å². The monoisotopic (exact) mass is 414 g/mol. The van der Waals surface area contributed by atoms with Gasteiger partial charge in [0.15, 0.2) is 0 Å². The van der Waals surface area contributed by atoms with E-state index in [1.54, 1.807) is 24.3 Å². The number of benzene rings is 3. The molecule has 0 saturated carbocycles. The van der Waals surface area contributed by atoms with Gasteiger partial charge < -0.3 is 5.32 Å². The third kappa shape index (κ3) is 4.91. The van der Waals surface area contributed by atoms with Crippen LogP contribution in [0.2, 0.25) is 5.02 Å². The van der Waals surface area contributed by atoms with E-state index in [2.05, 4.69) is 10.0 Å². The van der Waals surface area contributed by atoms with Gasteiger partial charge in [-0.05, 0) is 66.6 Å². The molecule has 0 aliphatic carbocycles. The number of sulfonamides is 1. The quantitative estimate of drug-likeness (QED) is 0.628. The Balaban J connectivity index is 1.65. The molecule has 5 nitrogen and oxygen atoms in total. The molecular weight excluding hydrogens is 396 g/mol. The number of carbonyl (C=O) groups excluding carboxylic acids is 1. The van der Waals surface area contributed by atoms with Gasteiger partial charge in [0.2, 0.25) is 0 Å². The summed E-state index contributed by atoms with van der Waals surface area (Å²) >= 11 is 5.79. The second-order valence-electron chi connectivity index (χ2n) is 6.25. The number of anilines is 1. The number of aryl methyl sites for hydroxylation is 1. The molecule has 0 aliphatic heterocycles. The molecule has 0 fully saturated rings. The molecule has 28 heavy (non-hydrogen) atoms. The molecule has 0 aromatic heterocycles. The largest absolute Gasteiger partial charge is 0.348 e. The zero-order chi connectivity index (χ0) is 20.1. The highest BCUT2D eigenvalue weighted by Crippen LogP contribution is 2.19. The summed E-state index contributed by atoms with van der Waals surface area (Å²) in [5.74, 6) is -0.227. The minimum Gasteiger partial charge on any atom is -0.348 e. The Morgan fingerprint density at radius 3 is 2.21 bits per heavy atom. The summed E-state index contributed by atoms with van der Waals surface area (Å²) in [6.07, 6.45) is 0. The predicted molar refractivity (Wildman–Crippen MR) is 111 cm³/mol. The number of carbonyl (C=O) groups is 1. The summed E-state index contributed by atoms with van der Waals surface area (Å²) < 4.78 is 27.3. The fourth-order valence-electron chi connectivity index (χ4n) is 2.60. The number of halogens is 1. The SMILES string of the molecule is Cc1ccccc1CNC(=O)c1ccc(NS(=O)(=O)c2ccc(Cl)cc2)cc1. The van der Waals surface area contributed by atoms with Crippen molar-refractivity contribution in [2.75, 3.05) is 4.72 Å². The Bertz CT molecular complexity index is 1080. The van der Waals surface area contributed by atoms with Gasteiger partial charge in [0.25, 0.3) is 15.9 Å². The van der Waals surface area contributed by atoms with E-state index in [0.717, 1.165) is 11.1 Å². The van der Waals surface area contributed by atoms with Crippen LogP contribution in [0.25, 0.3) is 0 Å². The third-order valence-electron chi connectivity index (χ3n) is 4.22. The molecule has 144 valence electrons. The molecule has 0 unspecified atom stereocenters. The molecule has 7 heteroatoms. The van der Waals surface area contributed by atoms with Crippen LogP contribution in [0.15, 0.2) is 77.7 Å². The molecule has 2 N–H and O–H groups in total. The first-order valence-electron chi connectivity index (χ1n) is 8.56. The molecule has 3 aromatic rings. The number of hydrogen-bond donors (Lipinski definition) is 2. The highest BCUT2D eigenvalue weighted by Gasteiger charge is 2.14. The van der Waals surface area contributed by atoms with Crippen molar-refractivity contribution >= 4 is 33.2 Å². The molecule has 0 spiro atoms. The Labute approximate surface area is 169 Å². The normalized spacial score (nSPS) is 11.1. The Kier molecular flexibility index (Phi) is 6.02. The van der Waals surface area contributed by atoms with Gasteiger partial charge in [-0.1, -0.05) is 35.9 Å². The van der Waals surface area contributed by atoms with Crippen LogP contribution in [0.1, 0.15) is 21.5 Å². The third-order valence-corrected chi connectivity index (χ3v) is 5.87. The zero-order valence-electron chi connectivity index (χ0n) is 15.1. The summed E-state index contributed by atoms with van der Waals surface area (Å²) in [6.45, 7) is 2.42. The van der Waals surface area contributed by atoms with Crippen LogP contribution >= 0.6 is 11.6 Å². The average molecular weight is 415 g/mol. The van der Waals surface area contributed by atoms with Crippen LogP contribution in [-0.4, -0.2) is 14.3 Å². The van der Waals surface area contributed by atoms with Crippen molar-refractivity contribution in [1.29, 1.82) is 0 Å². The minimum absolute atomic E-state index is 0.108. The van der Waals surface area contributed by atoms with Crippen LogP contribution < -0.4 is 10.0 Å². The van der Waals surface area contributed by atoms with E-state index in [0.29, 0.717) is 22.8 Å². The summed E-state index contributed by atoms with van der Waals surface area (Å²) in [6, 6.07) is 20.0. The van der Waals surface area contributed by atoms with E-state index in [1.807, 2.05) is 31.2 Å². The first-order valence-corrected chi connectivity index (χ1v) is 10.4. The standard InChI is InChI=1S/C21H19ClN2O3S/c1-15-4-2-3-5-17(15)14-23-21(25)16-6-10-19(11-7-16)24-28(26,27)20-12-8-18(22)9-13-20/h2-13,24H,14H2,1H3,(H,23,25). The van der Waals surface area contributed by atoms with Crippen molar-refractivity contribution < 1.29 is 13.2 Å². The maximum absolute atomic E-state index is 12.4. The van der Waals surface area contributed by atoms with E-state index >= 15 is 0 Å². The molecule has 0 heterocycles.